The van der Waals surface area contributed by atoms with Gasteiger partial charge in [-0.2, -0.15) is 18.3 Å². The standard InChI is InChI=1S/C17H23N3O2.C2HF3O2/c1-3-15(12-4-5-17-13(8-12)6-7-22-17)18-10-16(21)14-9-19-20(2)11-14;3-2(4,5)1(6)7/h4-5,8-9,11,15-16,18,21H,3,6-7,10H2,1-2H3;(H,6,7). The number of aliphatic carboxylic acids is 1. The lowest BCUT2D eigenvalue weighted by molar-refractivity contribution is -0.192. The number of carboxylic acid groups (broad SMARTS) is 1. The van der Waals surface area contributed by atoms with E-state index in [0.717, 1.165) is 30.8 Å². The first kappa shape index (κ1) is 22.7. The van der Waals surface area contributed by atoms with Crippen molar-refractivity contribution in [2.45, 2.75) is 38.1 Å². The number of hydrogen-bond acceptors (Lipinski definition) is 5. The molecule has 2 heterocycles. The summed E-state index contributed by atoms with van der Waals surface area (Å²) in [4.78, 5) is 8.90. The fourth-order valence-electron chi connectivity index (χ4n) is 2.91. The number of fused-ring (bicyclic) bond motifs is 1. The number of nitrogens with one attached hydrogen (secondary N) is 1. The molecule has 1 aromatic heterocycles. The Hall–Kier alpha value is -2.59. The molecule has 10 heteroatoms. The molecule has 0 radical (unpaired) electrons. The summed E-state index contributed by atoms with van der Waals surface area (Å²) in [5, 5.41) is 24.9. The van der Waals surface area contributed by atoms with Crippen LogP contribution in [0.2, 0.25) is 0 Å². The van der Waals surface area contributed by atoms with E-state index in [4.69, 9.17) is 14.6 Å². The van der Waals surface area contributed by atoms with Crippen molar-refractivity contribution in [2.24, 2.45) is 7.05 Å². The molecular weight excluding hydrogens is 391 g/mol. The molecule has 1 aliphatic rings. The number of carbonyl (C=O) groups is 1. The zero-order valence-corrected chi connectivity index (χ0v) is 16.1. The number of alkyl halides is 3. The van der Waals surface area contributed by atoms with Crippen LogP contribution in [0.25, 0.3) is 0 Å². The lowest BCUT2D eigenvalue weighted by Gasteiger charge is -2.20. The number of ether oxygens (including phenoxy) is 1. The van der Waals surface area contributed by atoms with Gasteiger partial charge in [-0.25, -0.2) is 4.79 Å². The smallest absolute Gasteiger partial charge is 0.490 e. The Bertz CT molecular complexity index is 823. The first-order chi connectivity index (χ1) is 13.6. The van der Waals surface area contributed by atoms with Crippen LogP contribution in [0.5, 0.6) is 5.75 Å². The van der Waals surface area contributed by atoms with Gasteiger partial charge in [-0.15, -0.1) is 0 Å². The summed E-state index contributed by atoms with van der Waals surface area (Å²) in [6.45, 7) is 3.44. The highest BCUT2D eigenvalue weighted by molar-refractivity contribution is 5.73. The highest BCUT2D eigenvalue weighted by Crippen LogP contribution is 2.29. The fraction of sp³-hybridized carbons (Fsp3) is 0.474. The molecule has 0 saturated carbocycles. The number of aromatic nitrogens is 2. The zero-order valence-electron chi connectivity index (χ0n) is 16.1. The summed E-state index contributed by atoms with van der Waals surface area (Å²) in [5.41, 5.74) is 3.38. The summed E-state index contributed by atoms with van der Waals surface area (Å²) >= 11 is 0. The molecule has 0 bridgehead atoms. The van der Waals surface area contributed by atoms with Crippen LogP contribution in [-0.4, -0.2) is 45.3 Å². The minimum Gasteiger partial charge on any atom is -0.493 e. The molecule has 0 aliphatic carbocycles. The van der Waals surface area contributed by atoms with E-state index in [-0.39, 0.29) is 6.04 Å². The Morgan fingerprint density at radius 1 is 1.38 bits per heavy atom. The van der Waals surface area contributed by atoms with Gasteiger partial charge in [-0.05, 0) is 23.6 Å². The van der Waals surface area contributed by atoms with E-state index >= 15 is 0 Å². The van der Waals surface area contributed by atoms with E-state index in [0.29, 0.717) is 6.54 Å². The molecule has 2 atom stereocenters. The normalized spacial score (nSPS) is 15.0. The lowest BCUT2D eigenvalue weighted by atomic mass is 10.0. The average Bonchev–Trinajstić information content (AvgIpc) is 3.30. The number of aliphatic hydroxyl groups is 1. The van der Waals surface area contributed by atoms with Crippen molar-refractivity contribution in [3.8, 4) is 5.75 Å². The minimum atomic E-state index is -5.08. The summed E-state index contributed by atoms with van der Waals surface area (Å²) in [6.07, 6.45) is -0.113. The SMILES string of the molecule is CCC(NCC(O)c1cnn(C)c1)c1ccc2c(c1)CCO2.O=C(O)C(F)(F)F. The largest absolute Gasteiger partial charge is 0.493 e. The predicted octanol–water partition coefficient (Wildman–Crippen LogP) is 2.76. The molecule has 0 amide bonds. The van der Waals surface area contributed by atoms with Gasteiger partial charge in [0.2, 0.25) is 0 Å². The van der Waals surface area contributed by atoms with Gasteiger partial charge in [0.1, 0.15) is 5.75 Å². The van der Waals surface area contributed by atoms with Crippen molar-refractivity contribution < 1.29 is 32.9 Å². The lowest BCUT2D eigenvalue weighted by Crippen LogP contribution is -2.26. The first-order valence-electron chi connectivity index (χ1n) is 9.07. The molecule has 0 spiro atoms. The van der Waals surface area contributed by atoms with Crippen LogP contribution in [0, 0.1) is 0 Å². The topological polar surface area (TPSA) is 96.6 Å². The molecule has 1 aliphatic heterocycles. The minimum absolute atomic E-state index is 0.234. The monoisotopic (exact) mass is 415 g/mol. The molecule has 3 rings (SSSR count). The Morgan fingerprint density at radius 3 is 2.62 bits per heavy atom. The maximum absolute atomic E-state index is 10.6. The Kier molecular flexibility index (Phi) is 7.63. The number of benzene rings is 1. The number of aliphatic hydroxyl groups excluding tert-OH is 1. The summed E-state index contributed by atoms with van der Waals surface area (Å²) in [7, 11) is 1.85. The van der Waals surface area contributed by atoms with Crippen LogP contribution < -0.4 is 10.1 Å². The van der Waals surface area contributed by atoms with Gasteiger partial charge in [-0.3, -0.25) is 4.68 Å². The number of halogens is 3. The second-order valence-corrected chi connectivity index (χ2v) is 6.60. The molecular formula is C19H24F3N3O4. The summed E-state index contributed by atoms with van der Waals surface area (Å²) < 4.78 is 39.0. The molecule has 0 saturated heterocycles. The van der Waals surface area contributed by atoms with Gasteiger partial charge in [0, 0.05) is 37.8 Å². The van der Waals surface area contributed by atoms with Crippen molar-refractivity contribution in [1.29, 1.82) is 0 Å². The van der Waals surface area contributed by atoms with Crippen LogP contribution in [0.3, 0.4) is 0 Å². The average molecular weight is 415 g/mol. The van der Waals surface area contributed by atoms with E-state index in [2.05, 4.69) is 35.5 Å². The molecule has 2 aromatic rings. The maximum atomic E-state index is 10.6. The Morgan fingerprint density at radius 2 is 2.07 bits per heavy atom. The van der Waals surface area contributed by atoms with Gasteiger partial charge in [0.15, 0.2) is 0 Å². The molecule has 2 unspecified atom stereocenters. The number of nitrogens with zero attached hydrogens (tertiary/aromatic N) is 2. The third kappa shape index (κ3) is 6.47. The number of hydrogen-bond donors (Lipinski definition) is 3. The Labute approximate surface area is 166 Å². The number of carboxylic acids is 1. The van der Waals surface area contributed by atoms with Crippen molar-refractivity contribution in [1.82, 2.24) is 15.1 Å². The molecule has 1 aromatic carbocycles. The highest BCUT2D eigenvalue weighted by atomic mass is 19.4. The van der Waals surface area contributed by atoms with Crippen LogP contribution in [0.15, 0.2) is 30.6 Å². The fourth-order valence-corrected chi connectivity index (χ4v) is 2.91. The number of rotatable bonds is 6. The molecule has 160 valence electrons. The number of aryl methyl sites for hydroxylation is 1. The first-order valence-corrected chi connectivity index (χ1v) is 9.07. The third-order valence-electron chi connectivity index (χ3n) is 4.43. The van der Waals surface area contributed by atoms with Crippen molar-refractivity contribution in [2.75, 3.05) is 13.2 Å². The third-order valence-corrected chi connectivity index (χ3v) is 4.43. The van der Waals surface area contributed by atoms with Crippen LogP contribution in [0.4, 0.5) is 13.2 Å². The van der Waals surface area contributed by atoms with E-state index in [1.165, 1.54) is 11.1 Å². The van der Waals surface area contributed by atoms with Gasteiger partial charge in [-0.1, -0.05) is 19.1 Å². The second-order valence-electron chi connectivity index (χ2n) is 6.60. The summed E-state index contributed by atoms with van der Waals surface area (Å²) in [6, 6.07) is 6.62. The van der Waals surface area contributed by atoms with E-state index in [9.17, 15) is 18.3 Å². The van der Waals surface area contributed by atoms with Crippen LogP contribution in [-0.2, 0) is 18.3 Å². The summed E-state index contributed by atoms with van der Waals surface area (Å²) in [5.74, 6) is -1.75. The van der Waals surface area contributed by atoms with Gasteiger partial charge in [0.25, 0.3) is 0 Å². The second kappa shape index (κ2) is 9.75. The van der Waals surface area contributed by atoms with E-state index < -0.39 is 18.2 Å². The van der Waals surface area contributed by atoms with Gasteiger partial charge in [0.05, 0.1) is 18.9 Å². The predicted molar refractivity (Wildman–Crippen MR) is 98.5 cm³/mol. The zero-order chi connectivity index (χ0) is 21.6. The van der Waals surface area contributed by atoms with E-state index in [1.807, 2.05) is 13.2 Å². The molecule has 0 fully saturated rings. The molecule has 7 nitrogen and oxygen atoms in total. The molecule has 3 N–H and O–H groups in total. The van der Waals surface area contributed by atoms with Crippen LogP contribution >= 0.6 is 0 Å². The van der Waals surface area contributed by atoms with Crippen LogP contribution in [0.1, 0.15) is 42.2 Å². The Balaban J connectivity index is 0.000000370. The van der Waals surface area contributed by atoms with E-state index in [1.54, 1.807) is 10.9 Å². The van der Waals surface area contributed by atoms with Gasteiger partial charge < -0.3 is 20.3 Å². The highest BCUT2D eigenvalue weighted by Gasteiger charge is 2.38. The molecule has 29 heavy (non-hydrogen) atoms. The maximum Gasteiger partial charge on any atom is 0.490 e. The van der Waals surface area contributed by atoms with Crippen molar-refractivity contribution in [3.63, 3.8) is 0 Å². The van der Waals surface area contributed by atoms with Gasteiger partial charge >= 0.3 is 12.1 Å². The quantitative estimate of drug-likeness (QED) is 0.672. The van der Waals surface area contributed by atoms with Crippen molar-refractivity contribution >= 4 is 5.97 Å². The van der Waals surface area contributed by atoms with Crippen molar-refractivity contribution in [3.05, 3.63) is 47.3 Å².